The molecule has 0 aliphatic carbocycles. The van der Waals surface area contributed by atoms with Gasteiger partial charge in [0.15, 0.2) is 0 Å². The van der Waals surface area contributed by atoms with Gasteiger partial charge in [-0.2, -0.15) is 0 Å². The third-order valence-electron chi connectivity index (χ3n) is 0.642. The number of allylic oxidation sites excluding steroid dienone is 1. The summed E-state index contributed by atoms with van der Waals surface area (Å²) in [6.07, 6.45) is 2.14. The number of carbonyl (C=O) groups is 1. The minimum Gasteiger partial charge on any atom is -0.480 e. The Morgan fingerprint density at radius 3 is 2.62 bits per heavy atom. The summed E-state index contributed by atoms with van der Waals surface area (Å²) in [4.78, 5) is 10.0. The van der Waals surface area contributed by atoms with Gasteiger partial charge in [-0.3, -0.25) is 4.79 Å². The molecule has 3 heteroatoms. The van der Waals surface area contributed by atoms with E-state index in [-0.39, 0.29) is 3.92 Å². The van der Waals surface area contributed by atoms with E-state index in [1.54, 1.807) is 6.08 Å². The predicted molar refractivity (Wildman–Crippen MR) is 40.3 cm³/mol. The maximum atomic E-state index is 10.0. The Labute approximate surface area is 61.7 Å². The van der Waals surface area contributed by atoms with E-state index in [0.29, 0.717) is 6.42 Å². The molecule has 0 rings (SSSR count). The second kappa shape index (κ2) is 3.88. The molecular weight excluding hydrogens is 219 g/mol. The standard InChI is InChI=1S/C5H7IO2/c1-2-3-4(6)5(7)8/h2,4H,1,3H2,(H,7,8). The van der Waals surface area contributed by atoms with E-state index in [2.05, 4.69) is 6.58 Å². The zero-order valence-electron chi connectivity index (χ0n) is 4.30. The second-order valence-corrected chi connectivity index (χ2v) is 2.83. The number of rotatable bonds is 3. The number of halogens is 1. The number of hydrogen-bond donors (Lipinski definition) is 1. The van der Waals surface area contributed by atoms with Crippen molar-refractivity contribution in [1.29, 1.82) is 0 Å². The molecule has 0 amide bonds. The van der Waals surface area contributed by atoms with Crippen molar-refractivity contribution in [3.05, 3.63) is 12.7 Å². The van der Waals surface area contributed by atoms with Gasteiger partial charge in [0.2, 0.25) is 0 Å². The molecule has 0 radical (unpaired) electrons. The van der Waals surface area contributed by atoms with Crippen molar-refractivity contribution in [2.24, 2.45) is 0 Å². The van der Waals surface area contributed by atoms with E-state index >= 15 is 0 Å². The number of aliphatic carboxylic acids is 1. The summed E-state index contributed by atoms with van der Waals surface area (Å²) in [5.41, 5.74) is 0. The van der Waals surface area contributed by atoms with Crippen LogP contribution in [0.4, 0.5) is 0 Å². The molecule has 0 aliphatic rings. The fraction of sp³-hybridized carbons (Fsp3) is 0.400. The largest absolute Gasteiger partial charge is 0.480 e. The molecule has 0 heterocycles. The molecule has 0 spiro atoms. The zero-order chi connectivity index (χ0) is 6.57. The lowest BCUT2D eigenvalue weighted by Gasteiger charge is -1.95. The molecule has 1 unspecified atom stereocenters. The molecule has 0 saturated heterocycles. The first kappa shape index (κ1) is 7.94. The smallest absolute Gasteiger partial charge is 0.316 e. The summed E-state index contributed by atoms with van der Waals surface area (Å²) in [7, 11) is 0. The normalized spacial score (nSPS) is 12.6. The van der Waals surface area contributed by atoms with Crippen LogP contribution in [0.2, 0.25) is 0 Å². The van der Waals surface area contributed by atoms with Crippen molar-refractivity contribution in [2.75, 3.05) is 0 Å². The van der Waals surface area contributed by atoms with Crippen molar-refractivity contribution in [3.8, 4) is 0 Å². The minimum atomic E-state index is -0.773. The van der Waals surface area contributed by atoms with Gasteiger partial charge >= 0.3 is 5.97 Å². The fourth-order valence-electron chi connectivity index (χ4n) is 0.247. The van der Waals surface area contributed by atoms with Gasteiger partial charge in [0.25, 0.3) is 0 Å². The molecule has 0 bridgehead atoms. The first-order valence-electron chi connectivity index (χ1n) is 2.16. The topological polar surface area (TPSA) is 37.3 Å². The van der Waals surface area contributed by atoms with Gasteiger partial charge in [-0.05, 0) is 6.42 Å². The summed E-state index contributed by atoms with van der Waals surface area (Å²) >= 11 is 1.86. The number of alkyl halides is 1. The van der Waals surface area contributed by atoms with Gasteiger partial charge in [-0.25, -0.2) is 0 Å². The molecule has 0 aromatic carbocycles. The molecule has 0 aliphatic heterocycles. The molecule has 46 valence electrons. The third kappa shape index (κ3) is 3.01. The van der Waals surface area contributed by atoms with Crippen LogP contribution in [-0.2, 0) is 4.79 Å². The minimum absolute atomic E-state index is 0.315. The Morgan fingerprint density at radius 1 is 2.00 bits per heavy atom. The van der Waals surface area contributed by atoms with Crippen molar-refractivity contribution in [1.82, 2.24) is 0 Å². The fourth-order valence-corrected chi connectivity index (χ4v) is 0.607. The van der Waals surface area contributed by atoms with Crippen LogP contribution in [0.15, 0.2) is 12.7 Å². The van der Waals surface area contributed by atoms with Crippen LogP contribution in [0, 0.1) is 0 Å². The van der Waals surface area contributed by atoms with Gasteiger partial charge in [-0.1, -0.05) is 28.7 Å². The molecule has 0 aromatic rings. The summed E-state index contributed by atoms with van der Waals surface area (Å²) in [6.45, 7) is 3.41. The van der Waals surface area contributed by atoms with Gasteiger partial charge in [0.1, 0.15) is 3.92 Å². The SMILES string of the molecule is C=CCC(I)C(=O)O. The second-order valence-electron chi connectivity index (χ2n) is 1.33. The first-order chi connectivity index (χ1) is 3.68. The van der Waals surface area contributed by atoms with Crippen LogP contribution in [0.25, 0.3) is 0 Å². The van der Waals surface area contributed by atoms with Crippen LogP contribution in [0.1, 0.15) is 6.42 Å². The summed E-state index contributed by atoms with van der Waals surface area (Å²) in [5.74, 6) is -0.773. The number of hydrogen-bond acceptors (Lipinski definition) is 1. The van der Waals surface area contributed by atoms with Crippen LogP contribution in [-0.4, -0.2) is 15.0 Å². The van der Waals surface area contributed by atoms with E-state index in [9.17, 15) is 4.79 Å². The van der Waals surface area contributed by atoms with Gasteiger partial charge in [0, 0.05) is 0 Å². The molecule has 0 fully saturated rings. The van der Waals surface area contributed by atoms with E-state index in [1.165, 1.54) is 0 Å². The highest BCUT2D eigenvalue weighted by molar-refractivity contribution is 14.1. The van der Waals surface area contributed by atoms with Crippen LogP contribution >= 0.6 is 22.6 Å². The van der Waals surface area contributed by atoms with E-state index < -0.39 is 5.97 Å². The molecule has 0 saturated carbocycles. The van der Waals surface area contributed by atoms with E-state index in [0.717, 1.165) is 0 Å². The molecule has 2 nitrogen and oxygen atoms in total. The van der Waals surface area contributed by atoms with Gasteiger partial charge < -0.3 is 5.11 Å². The van der Waals surface area contributed by atoms with E-state index in [1.807, 2.05) is 22.6 Å². The van der Waals surface area contributed by atoms with Gasteiger partial charge in [0.05, 0.1) is 0 Å². The first-order valence-corrected chi connectivity index (χ1v) is 3.41. The van der Waals surface area contributed by atoms with Gasteiger partial charge in [-0.15, -0.1) is 6.58 Å². The number of carboxylic acid groups (broad SMARTS) is 1. The van der Waals surface area contributed by atoms with Crippen molar-refractivity contribution >= 4 is 28.6 Å². The zero-order valence-corrected chi connectivity index (χ0v) is 6.46. The van der Waals surface area contributed by atoms with Crippen LogP contribution < -0.4 is 0 Å². The summed E-state index contributed by atoms with van der Waals surface area (Å²) in [5, 5.41) is 8.26. The Bertz CT molecular complexity index is 101. The molecule has 0 aromatic heterocycles. The van der Waals surface area contributed by atoms with Crippen molar-refractivity contribution in [3.63, 3.8) is 0 Å². The number of carboxylic acids is 1. The lowest BCUT2D eigenvalue weighted by Crippen LogP contribution is -2.10. The van der Waals surface area contributed by atoms with Crippen molar-refractivity contribution < 1.29 is 9.90 Å². The summed E-state index contributed by atoms with van der Waals surface area (Å²) < 4.78 is -0.315. The van der Waals surface area contributed by atoms with E-state index in [4.69, 9.17) is 5.11 Å². The van der Waals surface area contributed by atoms with Crippen molar-refractivity contribution in [2.45, 2.75) is 10.3 Å². The Hall–Kier alpha value is -0.0600. The lowest BCUT2D eigenvalue weighted by atomic mass is 10.3. The summed E-state index contributed by atoms with van der Waals surface area (Å²) in [6, 6.07) is 0. The Morgan fingerprint density at radius 2 is 2.50 bits per heavy atom. The Kier molecular flexibility index (Phi) is 3.85. The van der Waals surface area contributed by atoms with Crippen LogP contribution in [0.5, 0.6) is 0 Å². The monoisotopic (exact) mass is 226 g/mol. The third-order valence-corrected chi connectivity index (χ3v) is 1.68. The molecule has 1 atom stereocenters. The van der Waals surface area contributed by atoms with Crippen LogP contribution in [0.3, 0.4) is 0 Å². The molecule has 8 heavy (non-hydrogen) atoms. The quantitative estimate of drug-likeness (QED) is 0.449. The average molecular weight is 226 g/mol. The average Bonchev–Trinajstić information content (AvgIpc) is 1.67. The highest BCUT2D eigenvalue weighted by atomic mass is 127. The lowest BCUT2D eigenvalue weighted by molar-refractivity contribution is -0.135. The Balaban J connectivity index is 3.46. The molecule has 1 N–H and O–H groups in total. The highest BCUT2D eigenvalue weighted by Gasteiger charge is 2.08. The molecular formula is C5H7IO2. The predicted octanol–water partition coefficient (Wildman–Crippen LogP) is 1.45. The maximum Gasteiger partial charge on any atom is 0.316 e. The maximum absolute atomic E-state index is 10.0. The highest BCUT2D eigenvalue weighted by Crippen LogP contribution is 2.05.